The average Bonchev–Trinajstić information content (AvgIpc) is 2.66. The molecule has 0 radical (unpaired) electrons. The van der Waals surface area contributed by atoms with Gasteiger partial charge in [-0.15, -0.1) is 0 Å². The van der Waals surface area contributed by atoms with Crippen molar-refractivity contribution < 1.29 is 13.2 Å². The van der Waals surface area contributed by atoms with Crippen LogP contribution in [0.1, 0.15) is 53.9 Å². The summed E-state index contributed by atoms with van der Waals surface area (Å²) in [5, 5.41) is 3.53. The van der Waals surface area contributed by atoms with Crippen LogP contribution in [0.25, 0.3) is 0 Å². The van der Waals surface area contributed by atoms with E-state index in [1.54, 1.807) is 0 Å². The smallest absolute Gasteiger partial charge is 0.150 e. The van der Waals surface area contributed by atoms with Gasteiger partial charge in [-0.3, -0.25) is 0 Å². The quantitative estimate of drug-likeness (QED) is 0.784. The normalized spacial score (nSPS) is 27.9. The molecule has 1 heterocycles. The average molecular weight is 305 g/mol. The second kappa shape index (κ2) is 6.75. The fourth-order valence-electron chi connectivity index (χ4n) is 2.68. The molecular weight excluding hydrogens is 274 g/mol. The van der Waals surface area contributed by atoms with Crippen molar-refractivity contribution in [1.29, 1.82) is 0 Å². The van der Waals surface area contributed by atoms with Crippen LogP contribution in [0, 0.1) is 5.41 Å². The number of nitrogens with one attached hydrogen (secondary N) is 1. The fraction of sp³-hybridized carbons (Fsp3) is 1.00. The topological polar surface area (TPSA) is 55.4 Å². The number of ether oxygens (including phenoxy) is 1. The number of rotatable bonds is 7. The number of sulfone groups is 1. The van der Waals surface area contributed by atoms with Crippen LogP contribution in [0.15, 0.2) is 0 Å². The zero-order chi connectivity index (χ0) is 15.4. The highest BCUT2D eigenvalue weighted by Gasteiger charge is 2.42. The Bertz CT molecular complexity index is 400. The molecule has 0 amide bonds. The first-order chi connectivity index (χ1) is 9.10. The molecule has 120 valence electrons. The minimum absolute atomic E-state index is 0.0393. The molecule has 1 saturated heterocycles. The van der Waals surface area contributed by atoms with Crippen molar-refractivity contribution in [3.63, 3.8) is 0 Å². The number of hydrogen-bond donors (Lipinski definition) is 1. The monoisotopic (exact) mass is 305 g/mol. The molecule has 1 rings (SSSR count). The Labute approximate surface area is 124 Å². The van der Waals surface area contributed by atoms with E-state index in [-0.39, 0.29) is 22.8 Å². The van der Waals surface area contributed by atoms with Gasteiger partial charge in [0, 0.05) is 29.9 Å². The number of hydrogen-bond acceptors (Lipinski definition) is 4. The molecule has 2 unspecified atom stereocenters. The van der Waals surface area contributed by atoms with Crippen molar-refractivity contribution >= 4 is 9.84 Å². The van der Waals surface area contributed by atoms with Gasteiger partial charge in [0.25, 0.3) is 0 Å². The van der Waals surface area contributed by atoms with Crippen LogP contribution >= 0.6 is 0 Å². The SMILES string of the molecule is CCCS(=O)(=O)CCC1(CNC(C)(C)C)CCOC1C. The first-order valence-corrected chi connectivity index (χ1v) is 9.49. The van der Waals surface area contributed by atoms with Crippen LogP contribution in [0.3, 0.4) is 0 Å². The molecule has 0 spiro atoms. The molecular formula is C15H31NO3S. The van der Waals surface area contributed by atoms with E-state index in [2.05, 4.69) is 33.0 Å². The lowest BCUT2D eigenvalue weighted by molar-refractivity contribution is 0.0581. The summed E-state index contributed by atoms with van der Waals surface area (Å²) >= 11 is 0. The molecule has 0 aromatic rings. The Kier molecular flexibility index (Phi) is 6.05. The van der Waals surface area contributed by atoms with Crippen LogP contribution in [0.4, 0.5) is 0 Å². The summed E-state index contributed by atoms with van der Waals surface area (Å²) in [5.41, 5.74) is -0.00824. The minimum Gasteiger partial charge on any atom is -0.378 e. The summed E-state index contributed by atoms with van der Waals surface area (Å²) in [4.78, 5) is 0. The molecule has 0 aliphatic carbocycles. The van der Waals surface area contributed by atoms with Crippen molar-refractivity contribution in [3.05, 3.63) is 0 Å². The maximum atomic E-state index is 12.0. The van der Waals surface area contributed by atoms with E-state index in [0.717, 1.165) is 19.6 Å². The zero-order valence-corrected chi connectivity index (χ0v) is 14.5. The summed E-state index contributed by atoms with van der Waals surface area (Å²) in [5.74, 6) is 0.575. The molecule has 20 heavy (non-hydrogen) atoms. The lowest BCUT2D eigenvalue weighted by atomic mass is 9.78. The molecule has 5 heteroatoms. The minimum atomic E-state index is -2.92. The molecule has 4 nitrogen and oxygen atoms in total. The highest BCUT2D eigenvalue weighted by Crippen LogP contribution is 2.38. The predicted molar refractivity (Wildman–Crippen MR) is 83.8 cm³/mol. The maximum Gasteiger partial charge on any atom is 0.150 e. The van der Waals surface area contributed by atoms with Gasteiger partial charge >= 0.3 is 0 Å². The van der Waals surface area contributed by atoms with Gasteiger partial charge in [-0.1, -0.05) is 6.92 Å². The zero-order valence-electron chi connectivity index (χ0n) is 13.7. The van der Waals surface area contributed by atoms with E-state index in [1.165, 1.54) is 0 Å². The molecule has 0 bridgehead atoms. The van der Waals surface area contributed by atoms with E-state index in [1.807, 2.05) is 6.92 Å². The molecule has 0 aromatic heterocycles. The lowest BCUT2D eigenvalue weighted by Crippen LogP contribution is -2.47. The Morgan fingerprint density at radius 2 is 1.95 bits per heavy atom. The molecule has 1 aliphatic heterocycles. The third kappa shape index (κ3) is 5.34. The largest absolute Gasteiger partial charge is 0.378 e. The second-order valence-electron chi connectivity index (χ2n) is 7.13. The van der Waals surface area contributed by atoms with Gasteiger partial charge in [0.05, 0.1) is 11.9 Å². The third-order valence-electron chi connectivity index (χ3n) is 4.23. The van der Waals surface area contributed by atoms with Crippen LogP contribution in [-0.2, 0) is 14.6 Å². The van der Waals surface area contributed by atoms with Crippen molar-refractivity contribution in [3.8, 4) is 0 Å². The lowest BCUT2D eigenvalue weighted by Gasteiger charge is -2.35. The van der Waals surface area contributed by atoms with Crippen molar-refractivity contribution in [2.45, 2.75) is 65.5 Å². The van der Waals surface area contributed by atoms with E-state index in [4.69, 9.17) is 4.74 Å². The highest BCUT2D eigenvalue weighted by molar-refractivity contribution is 7.91. The first kappa shape index (κ1) is 17.9. The van der Waals surface area contributed by atoms with Gasteiger partial charge in [-0.2, -0.15) is 0 Å². The molecule has 0 aromatic carbocycles. The van der Waals surface area contributed by atoms with Crippen LogP contribution in [0.5, 0.6) is 0 Å². The Balaban J connectivity index is 2.70. The Morgan fingerprint density at radius 1 is 1.30 bits per heavy atom. The standard InChI is InChI=1S/C15H31NO3S/c1-6-10-20(17,18)11-8-15(7-9-19-13(15)2)12-16-14(3,4)5/h13,16H,6-12H2,1-5H3. The highest BCUT2D eigenvalue weighted by atomic mass is 32.2. The molecule has 1 fully saturated rings. The summed E-state index contributed by atoms with van der Waals surface area (Å²) in [7, 11) is -2.92. The van der Waals surface area contributed by atoms with Gasteiger partial charge in [-0.25, -0.2) is 8.42 Å². The van der Waals surface area contributed by atoms with Crippen LogP contribution in [0.2, 0.25) is 0 Å². The summed E-state index contributed by atoms with van der Waals surface area (Å²) in [6.45, 7) is 11.9. The van der Waals surface area contributed by atoms with Gasteiger partial charge < -0.3 is 10.1 Å². The van der Waals surface area contributed by atoms with Gasteiger partial charge in [0.15, 0.2) is 0 Å². The summed E-state index contributed by atoms with van der Waals surface area (Å²) in [6, 6.07) is 0. The van der Waals surface area contributed by atoms with Crippen LogP contribution < -0.4 is 5.32 Å². The van der Waals surface area contributed by atoms with Crippen molar-refractivity contribution in [2.75, 3.05) is 24.7 Å². The van der Waals surface area contributed by atoms with E-state index < -0.39 is 9.84 Å². The molecule has 1 aliphatic rings. The summed E-state index contributed by atoms with van der Waals surface area (Å²) in [6.07, 6.45) is 2.45. The Morgan fingerprint density at radius 3 is 2.40 bits per heavy atom. The van der Waals surface area contributed by atoms with Crippen molar-refractivity contribution in [2.24, 2.45) is 5.41 Å². The Hall–Kier alpha value is -0.130. The molecule has 2 atom stereocenters. The second-order valence-corrected chi connectivity index (χ2v) is 9.43. The third-order valence-corrected chi connectivity index (χ3v) is 6.08. The molecule has 1 N–H and O–H groups in total. The molecule has 0 saturated carbocycles. The first-order valence-electron chi connectivity index (χ1n) is 7.67. The summed E-state index contributed by atoms with van der Waals surface area (Å²) < 4.78 is 29.7. The van der Waals surface area contributed by atoms with Gasteiger partial charge in [0.2, 0.25) is 0 Å². The van der Waals surface area contributed by atoms with E-state index in [9.17, 15) is 8.42 Å². The van der Waals surface area contributed by atoms with E-state index in [0.29, 0.717) is 18.6 Å². The predicted octanol–water partition coefficient (Wildman–Crippen LogP) is 2.38. The van der Waals surface area contributed by atoms with Gasteiger partial charge in [0.1, 0.15) is 9.84 Å². The van der Waals surface area contributed by atoms with Gasteiger partial charge in [-0.05, 0) is 47.0 Å². The van der Waals surface area contributed by atoms with E-state index >= 15 is 0 Å². The van der Waals surface area contributed by atoms with Crippen molar-refractivity contribution in [1.82, 2.24) is 5.32 Å². The van der Waals surface area contributed by atoms with Crippen LogP contribution in [-0.4, -0.2) is 44.7 Å². The fourth-order valence-corrected chi connectivity index (χ4v) is 4.22. The maximum absolute atomic E-state index is 12.0.